The van der Waals surface area contributed by atoms with Gasteiger partial charge in [-0.1, -0.05) is 0 Å². The number of rotatable bonds is 7. The molecule has 0 heterocycles. The van der Waals surface area contributed by atoms with Crippen molar-refractivity contribution >= 4 is 5.97 Å². The third kappa shape index (κ3) is 5.21. The van der Waals surface area contributed by atoms with Crippen LogP contribution in [0.2, 0.25) is 0 Å². The van der Waals surface area contributed by atoms with Gasteiger partial charge < -0.3 is 14.6 Å². The van der Waals surface area contributed by atoms with Crippen molar-refractivity contribution in [1.29, 1.82) is 0 Å². The normalized spacial score (nSPS) is 10.3. The molecule has 0 radical (unpaired) electrons. The van der Waals surface area contributed by atoms with Gasteiger partial charge in [0.15, 0.2) is 0 Å². The molecule has 1 rings (SSSR count). The van der Waals surface area contributed by atoms with Crippen molar-refractivity contribution in [2.45, 2.75) is 0 Å². The van der Waals surface area contributed by atoms with Crippen LogP contribution in [-0.2, 0) is 4.79 Å². The first-order chi connectivity index (χ1) is 8.11. The molecule has 17 heavy (non-hydrogen) atoms. The minimum Gasteiger partial charge on any atom is -0.497 e. The highest BCUT2D eigenvalue weighted by molar-refractivity contribution is 5.68. The molecule has 0 aliphatic carbocycles. The lowest BCUT2D eigenvalue weighted by atomic mass is 10.3. The number of carboxylic acids is 1. The van der Waals surface area contributed by atoms with Crippen molar-refractivity contribution in [3.63, 3.8) is 0 Å². The highest BCUT2D eigenvalue weighted by Crippen LogP contribution is 2.16. The van der Waals surface area contributed by atoms with E-state index in [0.717, 1.165) is 11.5 Å². The van der Waals surface area contributed by atoms with Crippen molar-refractivity contribution in [2.24, 2.45) is 0 Å². The zero-order valence-electron chi connectivity index (χ0n) is 10.0. The Morgan fingerprint density at radius 3 is 2.41 bits per heavy atom. The molecule has 0 saturated carbocycles. The number of carboxylic acid groups (broad SMARTS) is 1. The largest absolute Gasteiger partial charge is 0.497 e. The molecule has 94 valence electrons. The molecule has 0 aromatic heterocycles. The van der Waals surface area contributed by atoms with Gasteiger partial charge in [0, 0.05) is 6.54 Å². The molecule has 5 nitrogen and oxygen atoms in total. The second kappa shape index (κ2) is 6.75. The Kier molecular flexibility index (Phi) is 5.29. The van der Waals surface area contributed by atoms with Gasteiger partial charge in [0.2, 0.25) is 0 Å². The smallest absolute Gasteiger partial charge is 0.317 e. The van der Waals surface area contributed by atoms with Gasteiger partial charge >= 0.3 is 5.97 Å². The summed E-state index contributed by atoms with van der Waals surface area (Å²) in [7, 11) is 3.35. The van der Waals surface area contributed by atoms with Crippen LogP contribution in [0.3, 0.4) is 0 Å². The molecule has 0 bridgehead atoms. The van der Waals surface area contributed by atoms with E-state index in [9.17, 15) is 4.79 Å². The molecule has 0 amide bonds. The Bertz CT molecular complexity index is 350. The molecule has 0 saturated heterocycles. The molecule has 0 spiro atoms. The Balaban J connectivity index is 2.28. The van der Waals surface area contributed by atoms with Crippen LogP contribution in [0, 0.1) is 0 Å². The number of nitrogens with zero attached hydrogens (tertiary/aromatic N) is 1. The topological polar surface area (TPSA) is 59.0 Å². The first-order valence-corrected chi connectivity index (χ1v) is 5.29. The van der Waals surface area contributed by atoms with Crippen LogP contribution in [0.15, 0.2) is 24.3 Å². The average Bonchev–Trinajstić information content (AvgIpc) is 2.29. The molecule has 1 aromatic carbocycles. The minimum absolute atomic E-state index is 0.0198. The van der Waals surface area contributed by atoms with Crippen LogP contribution in [0.1, 0.15) is 0 Å². The molecule has 0 aliphatic heterocycles. The molecule has 5 heteroatoms. The fraction of sp³-hybridized carbons (Fsp3) is 0.417. The lowest BCUT2D eigenvalue weighted by molar-refractivity contribution is -0.138. The Morgan fingerprint density at radius 2 is 1.88 bits per heavy atom. The number of carbonyl (C=O) groups is 1. The average molecular weight is 239 g/mol. The molecule has 0 aliphatic rings. The predicted molar refractivity (Wildman–Crippen MR) is 63.6 cm³/mol. The van der Waals surface area contributed by atoms with Gasteiger partial charge in [-0.05, 0) is 31.3 Å². The van der Waals surface area contributed by atoms with Gasteiger partial charge in [-0.3, -0.25) is 9.69 Å². The summed E-state index contributed by atoms with van der Waals surface area (Å²) < 4.78 is 10.5. The zero-order chi connectivity index (χ0) is 12.7. The Morgan fingerprint density at radius 1 is 1.29 bits per heavy atom. The zero-order valence-corrected chi connectivity index (χ0v) is 10.0. The van der Waals surface area contributed by atoms with Crippen LogP contribution >= 0.6 is 0 Å². The van der Waals surface area contributed by atoms with E-state index in [1.165, 1.54) is 0 Å². The number of hydrogen-bond acceptors (Lipinski definition) is 4. The summed E-state index contributed by atoms with van der Waals surface area (Å²) in [4.78, 5) is 12.1. The van der Waals surface area contributed by atoms with Crippen LogP contribution in [0.4, 0.5) is 0 Å². The third-order valence-electron chi connectivity index (χ3n) is 2.21. The second-order valence-corrected chi connectivity index (χ2v) is 3.66. The summed E-state index contributed by atoms with van der Waals surface area (Å²) in [5, 5.41) is 8.56. The standard InChI is InChI=1S/C12H17NO4/c1-13(9-12(14)15)7-8-17-11-5-3-10(16-2)4-6-11/h3-6H,7-9H2,1-2H3,(H,14,15). The van der Waals surface area contributed by atoms with Crippen LogP contribution < -0.4 is 9.47 Å². The summed E-state index contributed by atoms with van der Waals surface area (Å²) in [6, 6.07) is 7.26. The fourth-order valence-electron chi connectivity index (χ4n) is 1.30. The number of hydrogen-bond donors (Lipinski definition) is 1. The SMILES string of the molecule is COc1ccc(OCCN(C)CC(=O)O)cc1. The minimum atomic E-state index is -0.836. The van der Waals surface area contributed by atoms with E-state index in [-0.39, 0.29) is 6.54 Å². The molecule has 0 fully saturated rings. The number of likely N-dealkylation sites (N-methyl/N-ethyl adjacent to an activating group) is 1. The van der Waals surface area contributed by atoms with Gasteiger partial charge in [0.25, 0.3) is 0 Å². The van der Waals surface area contributed by atoms with Gasteiger partial charge in [0.1, 0.15) is 18.1 Å². The molecule has 1 aromatic rings. The maximum Gasteiger partial charge on any atom is 0.317 e. The summed E-state index contributed by atoms with van der Waals surface area (Å²) in [6.07, 6.45) is 0. The van der Waals surface area contributed by atoms with Crippen molar-refractivity contribution in [2.75, 3.05) is 33.9 Å². The van der Waals surface area contributed by atoms with Gasteiger partial charge in [0.05, 0.1) is 13.7 Å². The van der Waals surface area contributed by atoms with Crippen LogP contribution in [0.5, 0.6) is 11.5 Å². The van der Waals surface area contributed by atoms with Crippen LogP contribution in [-0.4, -0.2) is 49.8 Å². The van der Waals surface area contributed by atoms with E-state index in [1.54, 1.807) is 19.1 Å². The summed E-state index contributed by atoms with van der Waals surface area (Å²) in [5.41, 5.74) is 0. The summed E-state index contributed by atoms with van der Waals surface area (Å²) >= 11 is 0. The summed E-state index contributed by atoms with van der Waals surface area (Å²) in [6.45, 7) is 1.04. The monoisotopic (exact) mass is 239 g/mol. The Hall–Kier alpha value is -1.75. The molecule has 1 N–H and O–H groups in total. The first kappa shape index (κ1) is 13.3. The number of benzene rings is 1. The molecular weight excluding hydrogens is 222 g/mol. The van der Waals surface area contributed by atoms with E-state index >= 15 is 0 Å². The lowest BCUT2D eigenvalue weighted by Crippen LogP contribution is -2.29. The van der Waals surface area contributed by atoms with E-state index < -0.39 is 5.97 Å². The highest BCUT2D eigenvalue weighted by Gasteiger charge is 2.03. The maximum absolute atomic E-state index is 10.4. The molecule has 0 atom stereocenters. The van der Waals surface area contributed by atoms with Gasteiger partial charge in [-0.2, -0.15) is 0 Å². The fourth-order valence-corrected chi connectivity index (χ4v) is 1.30. The maximum atomic E-state index is 10.4. The molecule has 0 unspecified atom stereocenters. The quantitative estimate of drug-likeness (QED) is 0.771. The van der Waals surface area contributed by atoms with Crippen molar-refractivity contribution in [3.8, 4) is 11.5 Å². The van der Waals surface area contributed by atoms with E-state index in [1.807, 2.05) is 24.3 Å². The summed E-state index contributed by atoms with van der Waals surface area (Å²) in [5.74, 6) is 0.687. The van der Waals surface area contributed by atoms with Crippen molar-refractivity contribution in [1.82, 2.24) is 4.90 Å². The third-order valence-corrected chi connectivity index (χ3v) is 2.21. The Labute approximate surface area is 101 Å². The number of methoxy groups -OCH3 is 1. The lowest BCUT2D eigenvalue weighted by Gasteiger charge is -2.14. The highest BCUT2D eigenvalue weighted by atomic mass is 16.5. The number of aliphatic carboxylic acids is 1. The van der Waals surface area contributed by atoms with E-state index in [0.29, 0.717) is 13.2 Å². The van der Waals surface area contributed by atoms with Crippen LogP contribution in [0.25, 0.3) is 0 Å². The van der Waals surface area contributed by atoms with E-state index in [2.05, 4.69) is 0 Å². The first-order valence-electron chi connectivity index (χ1n) is 5.29. The number of ether oxygens (including phenoxy) is 2. The van der Waals surface area contributed by atoms with Crippen molar-refractivity contribution in [3.05, 3.63) is 24.3 Å². The van der Waals surface area contributed by atoms with E-state index in [4.69, 9.17) is 14.6 Å². The predicted octanol–water partition coefficient (Wildman–Crippen LogP) is 1.09. The molecular formula is C12H17NO4. The second-order valence-electron chi connectivity index (χ2n) is 3.66. The van der Waals surface area contributed by atoms with Crippen molar-refractivity contribution < 1.29 is 19.4 Å². The van der Waals surface area contributed by atoms with Gasteiger partial charge in [-0.25, -0.2) is 0 Å². The van der Waals surface area contributed by atoms with Gasteiger partial charge in [-0.15, -0.1) is 0 Å².